The number of fused-ring (bicyclic) bond motifs is 1. The maximum absolute atomic E-state index is 7.50. The molecule has 160 valence electrons. The molecule has 0 aliphatic carbocycles. The third-order valence-electron chi connectivity index (χ3n) is 5.79. The number of rotatable bonds is 7. The van der Waals surface area contributed by atoms with E-state index in [9.17, 15) is 0 Å². The van der Waals surface area contributed by atoms with Gasteiger partial charge >= 0.3 is 0 Å². The van der Waals surface area contributed by atoms with Gasteiger partial charge in [0.15, 0.2) is 0 Å². The SMILES string of the molecule is CCc1nc(C)cn1C(C)c1ccc2c(c1)nc(CNc1ccc(C(=N)N)cc1)n2C. The van der Waals surface area contributed by atoms with Crippen molar-refractivity contribution in [3.8, 4) is 0 Å². The topological polar surface area (TPSA) is 97.5 Å². The van der Waals surface area contributed by atoms with Crippen molar-refractivity contribution in [1.29, 1.82) is 5.41 Å². The monoisotopic (exact) mass is 415 g/mol. The highest BCUT2D eigenvalue weighted by Crippen LogP contribution is 2.25. The highest BCUT2D eigenvalue weighted by molar-refractivity contribution is 5.95. The molecule has 0 saturated heterocycles. The number of aryl methyl sites for hydroxylation is 3. The summed E-state index contributed by atoms with van der Waals surface area (Å²) in [4.78, 5) is 9.52. The zero-order chi connectivity index (χ0) is 22.1. The van der Waals surface area contributed by atoms with E-state index in [-0.39, 0.29) is 11.9 Å². The molecule has 4 N–H and O–H groups in total. The van der Waals surface area contributed by atoms with Gasteiger partial charge in [-0.1, -0.05) is 13.0 Å². The van der Waals surface area contributed by atoms with Gasteiger partial charge in [-0.15, -0.1) is 0 Å². The smallest absolute Gasteiger partial charge is 0.128 e. The van der Waals surface area contributed by atoms with E-state index < -0.39 is 0 Å². The molecule has 0 saturated carbocycles. The van der Waals surface area contributed by atoms with Crippen LogP contribution in [0.5, 0.6) is 0 Å². The Labute approximate surface area is 182 Å². The molecule has 7 nitrogen and oxygen atoms in total. The van der Waals surface area contributed by atoms with Crippen LogP contribution in [0.1, 0.15) is 48.4 Å². The second-order valence-corrected chi connectivity index (χ2v) is 7.92. The quantitative estimate of drug-likeness (QED) is 0.312. The standard InChI is InChI=1S/C24H29N7/c1-5-22-28-15(2)14-31(22)16(3)18-8-11-21-20(12-18)29-23(30(21)4)13-27-19-9-6-17(7-10-19)24(25)26/h6-12,14,16,27H,5,13H2,1-4H3,(H3,25,26). The van der Waals surface area contributed by atoms with Crippen molar-refractivity contribution >= 4 is 22.6 Å². The average molecular weight is 416 g/mol. The van der Waals surface area contributed by atoms with Crippen LogP contribution >= 0.6 is 0 Å². The van der Waals surface area contributed by atoms with Gasteiger partial charge in [0.1, 0.15) is 17.5 Å². The van der Waals surface area contributed by atoms with Gasteiger partial charge in [-0.05, 0) is 55.8 Å². The van der Waals surface area contributed by atoms with Gasteiger partial charge in [0.05, 0.1) is 29.3 Å². The van der Waals surface area contributed by atoms with Gasteiger partial charge in [-0.3, -0.25) is 5.41 Å². The second kappa shape index (κ2) is 8.26. The summed E-state index contributed by atoms with van der Waals surface area (Å²) in [6.45, 7) is 6.99. The van der Waals surface area contributed by atoms with E-state index in [1.807, 2.05) is 38.2 Å². The van der Waals surface area contributed by atoms with E-state index in [4.69, 9.17) is 16.1 Å². The van der Waals surface area contributed by atoms with Crippen molar-refractivity contribution in [3.05, 3.63) is 77.1 Å². The van der Waals surface area contributed by atoms with Crippen LogP contribution in [-0.2, 0) is 20.0 Å². The van der Waals surface area contributed by atoms with E-state index in [0.29, 0.717) is 12.1 Å². The van der Waals surface area contributed by atoms with Crippen LogP contribution in [0, 0.1) is 12.3 Å². The Bertz CT molecular complexity index is 1230. The molecule has 4 rings (SSSR count). The molecule has 0 spiro atoms. The molecule has 0 aliphatic rings. The molecule has 0 radical (unpaired) electrons. The minimum absolute atomic E-state index is 0.0730. The van der Waals surface area contributed by atoms with Crippen LogP contribution in [0.3, 0.4) is 0 Å². The Kier molecular flexibility index (Phi) is 5.50. The van der Waals surface area contributed by atoms with Crippen LogP contribution in [0.25, 0.3) is 11.0 Å². The Balaban J connectivity index is 1.56. The summed E-state index contributed by atoms with van der Waals surface area (Å²) in [7, 11) is 2.04. The number of benzene rings is 2. The summed E-state index contributed by atoms with van der Waals surface area (Å²) >= 11 is 0. The number of aromatic nitrogens is 4. The average Bonchev–Trinajstić information content (AvgIpc) is 3.31. The van der Waals surface area contributed by atoms with Crippen molar-refractivity contribution < 1.29 is 0 Å². The van der Waals surface area contributed by atoms with Gasteiger partial charge in [0.2, 0.25) is 0 Å². The first kappa shape index (κ1) is 20.7. The largest absolute Gasteiger partial charge is 0.384 e. The summed E-state index contributed by atoms with van der Waals surface area (Å²) < 4.78 is 4.38. The van der Waals surface area contributed by atoms with Crippen molar-refractivity contribution in [2.45, 2.75) is 39.8 Å². The number of nitrogens with one attached hydrogen (secondary N) is 2. The molecule has 1 atom stereocenters. The van der Waals surface area contributed by atoms with Crippen molar-refractivity contribution in [3.63, 3.8) is 0 Å². The third-order valence-corrected chi connectivity index (χ3v) is 5.79. The number of imidazole rings is 2. The molecule has 2 aromatic carbocycles. The van der Waals surface area contributed by atoms with Crippen LogP contribution in [0.4, 0.5) is 5.69 Å². The highest BCUT2D eigenvalue weighted by atomic mass is 15.1. The Morgan fingerprint density at radius 1 is 1.13 bits per heavy atom. The van der Waals surface area contributed by atoms with Crippen LogP contribution in [-0.4, -0.2) is 24.9 Å². The number of nitrogens with two attached hydrogens (primary N) is 1. The highest BCUT2D eigenvalue weighted by Gasteiger charge is 2.15. The maximum Gasteiger partial charge on any atom is 0.128 e. The van der Waals surface area contributed by atoms with Gasteiger partial charge < -0.3 is 20.2 Å². The molecule has 0 amide bonds. The molecule has 31 heavy (non-hydrogen) atoms. The van der Waals surface area contributed by atoms with Crippen LogP contribution in [0.2, 0.25) is 0 Å². The lowest BCUT2D eigenvalue weighted by molar-refractivity contribution is 0.606. The maximum atomic E-state index is 7.50. The first-order chi connectivity index (χ1) is 14.9. The summed E-state index contributed by atoms with van der Waals surface area (Å²) in [5.41, 5.74) is 11.6. The number of nitrogen functional groups attached to an aromatic ring is 1. The zero-order valence-electron chi connectivity index (χ0n) is 18.5. The molecule has 1 unspecified atom stereocenters. The fraction of sp³-hybridized carbons (Fsp3) is 0.292. The number of amidine groups is 1. The summed E-state index contributed by atoms with van der Waals surface area (Å²) in [5.74, 6) is 2.14. The zero-order valence-corrected chi connectivity index (χ0v) is 18.5. The normalized spacial score (nSPS) is 12.3. The lowest BCUT2D eigenvalue weighted by Crippen LogP contribution is -2.11. The summed E-state index contributed by atoms with van der Waals surface area (Å²) in [6, 6.07) is 14.2. The van der Waals surface area contributed by atoms with Crippen molar-refractivity contribution in [1.82, 2.24) is 19.1 Å². The molecule has 0 aliphatic heterocycles. The van der Waals surface area contributed by atoms with Crippen LogP contribution in [0.15, 0.2) is 48.7 Å². The Morgan fingerprint density at radius 2 is 1.87 bits per heavy atom. The first-order valence-electron chi connectivity index (χ1n) is 10.5. The van der Waals surface area contributed by atoms with Crippen molar-refractivity contribution in [2.24, 2.45) is 12.8 Å². The third kappa shape index (κ3) is 4.03. The molecule has 0 fully saturated rings. The number of hydrogen-bond donors (Lipinski definition) is 3. The first-order valence-corrected chi connectivity index (χ1v) is 10.5. The second-order valence-electron chi connectivity index (χ2n) is 7.92. The lowest BCUT2D eigenvalue weighted by Gasteiger charge is -2.16. The molecule has 4 aromatic rings. The molecule has 0 bridgehead atoms. The summed E-state index contributed by atoms with van der Waals surface area (Å²) in [6.07, 6.45) is 3.03. The molecular weight excluding hydrogens is 386 g/mol. The molecule has 2 aromatic heterocycles. The van der Waals surface area contributed by atoms with E-state index in [1.165, 1.54) is 5.56 Å². The van der Waals surface area contributed by atoms with E-state index in [0.717, 1.165) is 40.5 Å². The predicted molar refractivity (Wildman–Crippen MR) is 126 cm³/mol. The number of hydrogen-bond acceptors (Lipinski definition) is 4. The van der Waals surface area contributed by atoms with Gasteiger partial charge in [0, 0.05) is 30.9 Å². The van der Waals surface area contributed by atoms with E-state index in [2.05, 4.69) is 57.7 Å². The fourth-order valence-corrected chi connectivity index (χ4v) is 3.96. The summed E-state index contributed by atoms with van der Waals surface area (Å²) in [5, 5.41) is 10.9. The Hall–Kier alpha value is -3.61. The van der Waals surface area contributed by atoms with Gasteiger partial charge in [0.25, 0.3) is 0 Å². The van der Waals surface area contributed by atoms with Gasteiger partial charge in [-0.2, -0.15) is 0 Å². The lowest BCUT2D eigenvalue weighted by atomic mass is 10.1. The Morgan fingerprint density at radius 3 is 2.55 bits per heavy atom. The van der Waals surface area contributed by atoms with E-state index in [1.54, 1.807) is 0 Å². The number of nitrogens with zero attached hydrogens (tertiary/aromatic N) is 4. The number of anilines is 1. The van der Waals surface area contributed by atoms with Crippen molar-refractivity contribution in [2.75, 3.05) is 5.32 Å². The molecule has 2 heterocycles. The van der Waals surface area contributed by atoms with Gasteiger partial charge in [-0.25, -0.2) is 9.97 Å². The van der Waals surface area contributed by atoms with E-state index >= 15 is 0 Å². The fourth-order valence-electron chi connectivity index (χ4n) is 3.96. The molecular formula is C24H29N7. The van der Waals surface area contributed by atoms with Crippen LogP contribution < -0.4 is 11.1 Å². The molecule has 7 heteroatoms. The minimum atomic E-state index is 0.0730. The predicted octanol–water partition coefficient (Wildman–Crippen LogP) is 4.15. The minimum Gasteiger partial charge on any atom is -0.384 e.